The summed E-state index contributed by atoms with van der Waals surface area (Å²) in [7, 11) is -10.2. The van der Waals surface area contributed by atoms with Gasteiger partial charge in [-0.3, -0.25) is 27.2 Å². The van der Waals surface area contributed by atoms with E-state index in [1.165, 1.54) is 10.9 Å². The first-order valence-corrected chi connectivity index (χ1v) is 16.1. The normalized spacial score (nSPS) is 40.5. The van der Waals surface area contributed by atoms with Crippen molar-refractivity contribution in [3.05, 3.63) is 24.7 Å². The number of phosphoric ester groups is 2. The summed E-state index contributed by atoms with van der Waals surface area (Å²) in [4.78, 5) is 41.3. The zero-order valence-electron chi connectivity index (χ0n) is 22.6. The Kier molecular flexibility index (Phi) is 7.43. The quantitative estimate of drug-likeness (QED) is 0.152. The molecule has 0 amide bonds. The van der Waals surface area contributed by atoms with Crippen LogP contribution in [0.3, 0.4) is 0 Å². The van der Waals surface area contributed by atoms with E-state index in [1.54, 1.807) is 0 Å². The summed E-state index contributed by atoms with van der Waals surface area (Å²) < 4.78 is 76.8. The number of ether oxygens (including phenoxy) is 2. The van der Waals surface area contributed by atoms with Crippen molar-refractivity contribution >= 4 is 44.4 Å². The molecule has 22 nitrogen and oxygen atoms in total. The Morgan fingerprint density at radius 1 is 0.933 bits per heavy atom. The molecule has 0 saturated carbocycles. The summed E-state index contributed by atoms with van der Waals surface area (Å²) in [6.07, 6.45) is -10.9. The van der Waals surface area contributed by atoms with E-state index in [1.807, 2.05) is 0 Å². The fourth-order valence-electron chi connectivity index (χ4n) is 5.41. The predicted molar refractivity (Wildman–Crippen MR) is 144 cm³/mol. The Morgan fingerprint density at radius 3 is 2.36 bits per heavy atom. The van der Waals surface area contributed by atoms with Gasteiger partial charge in [0.25, 0.3) is 0 Å². The summed E-state index contributed by atoms with van der Waals surface area (Å²) in [6, 6.07) is 0. The van der Waals surface area contributed by atoms with E-state index < -0.39 is 84.2 Å². The fraction of sp³-hybridized carbons (Fsp3) is 0.550. The minimum Gasteiger partial charge on any atom is -0.387 e. The lowest BCUT2D eigenvalue weighted by molar-refractivity contribution is -0.0675. The second kappa shape index (κ2) is 11.0. The highest BCUT2D eigenvalue weighted by atomic mass is 31.2. The molecule has 4 aliphatic rings. The van der Waals surface area contributed by atoms with Gasteiger partial charge in [-0.05, 0) is 0 Å². The van der Waals surface area contributed by atoms with Crippen molar-refractivity contribution in [2.75, 3.05) is 24.3 Å². The number of rotatable bonds is 2. The van der Waals surface area contributed by atoms with E-state index in [9.17, 15) is 24.0 Å². The second-order valence-corrected chi connectivity index (χ2v) is 13.1. The van der Waals surface area contributed by atoms with Gasteiger partial charge in [-0.25, -0.2) is 38.4 Å². The van der Waals surface area contributed by atoms with Gasteiger partial charge in [0.2, 0.25) is 0 Å². The summed E-state index contributed by atoms with van der Waals surface area (Å²) in [5.41, 5.74) is 18.0. The van der Waals surface area contributed by atoms with Crippen LogP contribution >= 0.6 is 15.6 Å². The van der Waals surface area contributed by atoms with Gasteiger partial charge in [0.1, 0.15) is 60.0 Å². The van der Waals surface area contributed by atoms with Crippen molar-refractivity contribution in [2.45, 2.75) is 55.3 Å². The molecule has 244 valence electrons. The van der Waals surface area contributed by atoms with Gasteiger partial charge in [-0.1, -0.05) is 0 Å². The number of aliphatic hydroxyl groups is 1. The molecular formula is C20H26FN11O11P2. The number of nitrogens with two attached hydrogens (primary N) is 3. The highest BCUT2D eigenvalue weighted by Gasteiger charge is 2.54. The van der Waals surface area contributed by atoms with E-state index in [0.29, 0.717) is 0 Å². The lowest BCUT2D eigenvalue weighted by atomic mass is 10.1. The van der Waals surface area contributed by atoms with E-state index in [0.717, 1.165) is 17.2 Å². The molecule has 0 aromatic carbocycles. The molecule has 7 rings (SSSR count). The first kappa shape index (κ1) is 30.5. The summed E-state index contributed by atoms with van der Waals surface area (Å²) in [6.45, 7) is -1.70. The molecule has 3 aromatic heterocycles. The van der Waals surface area contributed by atoms with E-state index in [2.05, 4.69) is 30.2 Å². The summed E-state index contributed by atoms with van der Waals surface area (Å²) in [5, 5.41) is 13.8. The van der Waals surface area contributed by atoms with Crippen LogP contribution in [0.2, 0.25) is 0 Å². The lowest BCUT2D eigenvalue weighted by Gasteiger charge is -2.27. The molecular weight excluding hydrogens is 651 g/mol. The maximum Gasteiger partial charge on any atom is 0.472 e. The number of aliphatic imine (C=N–C) groups is 1. The average molecular weight is 677 g/mol. The first-order chi connectivity index (χ1) is 21.3. The fourth-order valence-corrected chi connectivity index (χ4v) is 7.30. The predicted octanol–water partition coefficient (Wildman–Crippen LogP) is -1.49. The van der Waals surface area contributed by atoms with E-state index >= 15 is 4.39 Å². The molecule has 45 heavy (non-hydrogen) atoms. The Hall–Kier alpha value is -3.18. The number of nitrogens with one attached hydrogen (secondary N) is 1. The number of nitrogens with zero attached hydrogens (tertiary/aromatic N) is 7. The maximum absolute atomic E-state index is 15.9. The third-order valence-corrected chi connectivity index (χ3v) is 9.43. The largest absolute Gasteiger partial charge is 0.472 e. The minimum atomic E-state index is -5.11. The number of alkyl halides is 1. The number of guanidine groups is 1. The van der Waals surface area contributed by atoms with E-state index in [-0.39, 0.29) is 34.5 Å². The molecule has 0 spiro atoms. The number of aromatic nitrogens is 6. The molecule has 3 saturated heterocycles. The summed E-state index contributed by atoms with van der Waals surface area (Å²) in [5.74, 6) is 0.110. The highest BCUT2D eigenvalue weighted by Crippen LogP contribution is 2.54. The first-order valence-electron chi connectivity index (χ1n) is 13.1. The molecule has 3 fully saturated rings. The molecule has 0 radical (unpaired) electrons. The van der Waals surface area contributed by atoms with Gasteiger partial charge in [-0.2, -0.15) is 0 Å². The average Bonchev–Trinajstić information content (AvgIpc) is 3.72. The Bertz CT molecular complexity index is 1760. The van der Waals surface area contributed by atoms with Gasteiger partial charge < -0.3 is 46.9 Å². The number of nitrogen functional groups attached to an aromatic ring is 1. The maximum atomic E-state index is 15.9. The second-order valence-electron chi connectivity index (χ2n) is 10.3. The van der Waals surface area contributed by atoms with Crippen molar-refractivity contribution in [1.29, 1.82) is 0 Å². The number of anilines is 2. The van der Waals surface area contributed by atoms with Crippen LogP contribution in [0, 0.1) is 0 Å². The molecule has 5 unspecified atom stereocenters. The van der Waals surface area contributed by atoms with Crippen LogP contribution in [0.1, 0.15) is 24.3 Å². The van der Waals surface area contributed by atoms with Crippen molar-refractivity contribution in [1.82, 2.24) is 29.1 Å². The van der Waals surface area contributed by atoms with E-state index in [4.69, 9.17) is 44.8 Å². The van der Waals surface area contributed by atoms with Crippen LogP contribution in [-0.4, -0.2) is 99.8 Å². The summed E-state index contributed by atoms with van der Waals surface area (Å²) >= 11 is 0. The SMILES string of the molecule is NC1=NC(N)c2ncn([C@@H]3O[C@@H]4COP(=O)(O)OC5[C@@H](COP(=O)(O)O[C@H]3C4O)O[C@@H](n3cnc4c(N)ncnc43)[C@H]5F)c2N1. The van der Waals surface area contributed by atoms with Crippen LogP contribution in [-0.2, 0) is 36.7 Å². The van der Waals surface area contributed by atoms with Crippen LogP contribution in [0.25, 0.3) is 11.2 Å². The third-order valence-electron chi connectivity index (χ3n) is 7.46. The van der Waals surface area contributed by atoms with Gasteiger partial charge in [0.15, 0.2) is 36.1 Å². The molecule has 11 atom stereocenters. The molecule has 2 bridgehead atoms. The van der Waals surface area contributed by atoms with Gasteiger partial charge in [0, 0.05) is 0 Å². The number of hydrogen-bond donors (Lipinski definition) is 7. The topological polar surface area (TPSA) is 314 Å². The lowest BCUT2D eigenvalue weighted by Crippen LogP contribution is -2.36. The van der Waals surface area contributed by atoms with Crippen molar-refractivity contribution in [3.63, 3.8) is 0 Å². The third kappa shape index (κ3) is 5.39. The zero-order valence-corrected chi connectivity index (χ0v) is 24.4. The van der Waals surface area contributed by atoms with Crippen molar-refractivity contribution in [2.24, 2.45) is 16.5 Å². The smallest absolute Gasteiger partial charge is 0.387 e. The zero-order chi connectivity index (χ0) is 31.8. The number of imidazole rings is 2. The molecule has 10 N–H and O–H groups in total. The Labute approximate surface area is 250 Å². The van der Waals surface area contributed by atoms with Crippen LogP contribution in [0.15, 0.2) is 24.0 Å². The van der Waals surface area contributed by atoms with Gasteiger partial charge in [0.05, 0.1) is 25.9 Å². The molecule has 25 heteroatoms. The van der Waals surface area contributed by atoms with Gasteiger partial charge in [-0.15, -0.1) is 0 Å². The molecule has 4 aliphatic heterocycles. The number of phosphoric acid groups is 2. The Balaban J connectivity index is 1.19. The highest BCUT2D eigenvalue weighted by molar-refractivity contribution is 7.47. The Morgan fingerprint density at radius 2 is 1.60 bits per heavy atom. The van der Waals surface area contributed by atoms with Crippen LogP contribution in [0.5, 0.6) is 0 Å². The van der Waals surface area contributed by atoms with Gasteiger partial charge >= 0.3 is 15.6 Å². The van der Waals surface area contributed by atoms with Crippen LogP contribution < -0.4 is 22.5 Å². The molecule has 0 aliphatic carbocycles. The molecule has 7 heterocycles. The molecule has 3 aromatic rings. The monoisotopic (exact) mass is 677 g/mol. The standard InChI is InChI=1S/C20H26FN11O11P2/c21-8-12-7(41-18(8)31-4-27-9-14(22)25-3-26-16(9)31)2-39-45(36,37)43-13-11(33)6(1-38-44(34,35)42-12)40-19(13)32-5-28-10-15(23)29-20(24)30-17(10)32/h3-8,11-13,15,18-19,33H,1-2,23H2,(H,34,35)(H,36,37)(H2,22,25,26)(H3,24,29,30)/t6-,7-,8+,11?,12?,13+,15?,18-,19-/m1/s1. The number of aliphatic hydroxyl groups excluding tert-OH is 1. The minimum absolute atomic E-state index is 0.00434. The number of halogens is 1. The van der Waals surface area contributed by atoms with Crippen molar-refractivity contribution in [3.8, 4) is 0 Å². The van der Waals surface area contributed by atoms with Crippen molar-refractivity contribution < 1.29 is 56.0 Å². The van der Waals surface area contributed by atoms with Crippen LogP contribution in [0.4, 0.5) is 16.0 Å². The number of fused-ring (bicyclic) bond motifs is 5. The number of hydrogen-bond acceptors (Lipinski definition) is 18.